The van der Waals surface area contributed by atoms with E-state index in [1.54, 1.807) is 0 Å². The van der Waals surface area contributed by atoms with E-state index >= 15 is 0 Å². The van der Waals surface area contributed by atoms with Gasteiger partial charge in [-0.25, -0.2) is 0 Å². The van der Waals surface area contributed by atoms with E-state index in [0.29, 0.717) is 5.56 Å². The number of fused-ring (bicyclic) bond motifs is 3. The van der Waals surface area contributed by atoms with Crippen LogP contribution in [0.15, 0.2) is 54.6 Å². The summed E-state index contributed by atoms with van der Waals surface area (Å²) in [6.45, 7) is 0.751. The highest BCUT2D eigenvalue weighted by Crippen LogP contribution is 2.40. The summed E-state index contributed by atoms with van der Waals surface area (Å²) in [7, 11) is 3.39. The summed E-state index contributed by atoms with van der Waals surface area (Å²) >= 11 is 0. The summed E-state index contributed by atoms with van der Waals surface area (Å²) in [6.07, 6.45) is -0.0668. The SMILES string of the molecule is COC(=O)C(C(O)c1ccccc1)C1NCCc2c1n(C)c1ccccc21. The molecule has 2 aromatic carbocycles. The minimum Gasteiger partial charge on any atom is -0.469 e. The lowest BCUT2D eigenvalue weighted by Crippen LogP contribution is -2.42. The lowest BCUT2D eigenvalue weighted by atomic mass is 9.84. The number of carbonyl (C=O) groups is 1. The number of esters is 1. The molecule has 5 nitrogen and oxygen atoms in total. The van der Waals surface area contributed by atoms with Crippen molar-refractivity contribution in [2.24, 2.45) is 13.0 Å². The zero-order valence-electron chi connectivity index (χ0n) is 15.6. The van der Waals surface area contributed by atoms with Crippen LogP contribution >= 0.6 is 0 Å². The van der Waals surface area contributed by atoms with Crippen LogP contribution in [0.3, 0.4) is 0 Å². The second-order valence-electron chi connectivity index (χ2n) is 7.03. The summed E-state index contributed by atoms with van der Waals surface area (Å²) in [5, 5.41) is 15.7. The quantitative estimate of drug-likeness (QED) is 0.699. The molecule has 0 radical (unpaired) electrons. The molecule has 1 aliphatic rings. The van der Waals surface area contributed by atoms with Crippen molar-refractivity contribution in [3.63, 3.8) is 0 Å². The average molecular weight is 364 g/mol. The van der Waals surface area contributed by atoms with E-state index in [0.717, 1.165) is 24.2 Å². The topological polar surface area (TPSA) is 63.5 Å². The summed E-state index contributed by atoms with van der Waals surface area (Å²) in [5.74, 6) is -1.15. The highest BCUT2D eigenvalue weighted by molar-refractivity contribution is 5.86. The second kappa shape index (κ2) is 7.18. The van der Waals surface area contributed by atoms with Gasteiger partial charge in [-0.15, -0.1) is 0 Å². The number of aliphatic hydroxyl groups excluding tert-OH is 1. The number of hydrogen-bond acceptors (Lipinski definition) is 4. The number of methoxy groups -OCH3 is 1. The fraction of sp³-hybridized carbons (Fsp3) is 0.318. The molecule has 3 aromatic rings. The number of aryl methyl sites for hydroxylation is 1. The zero-order chi connectivity index (χ0) is 19.0. The van der Waals surface area contributed by atoms with E-state index in [4.69, 9.17) is 4.74 Å². The second-order valence-corrected chi connectivity index (χ2v) is 7.03. The van der Waals surface area contributed by atoms with E-state index in [-0.39, 0.29) is 6.04 Å². The first-order chi connectivity index (χ1) is 13.1. The van der Waals surface area contributed by atoms with Crippen LogP contribution in [0.25, 0.3) is 10.9 Å². The molecule has 0 fully saturated rings. The Hall–Kier alpha value is -2.63. The molecule has 1 aromatic heterocycles. The first-order valence-corrected chi connectivity index (χ1v) is 9.24. The molecule has 3 atom stereocenters. The van der Waals surface area contributed by atoms with Crippen molar-refractivity contribution in [3.05, 3.63) is 71.4 Å². The molecular weight excluding hydrogens is 340 g/mol. The van der Waals surface area contributed by atoms with E-state index in [1.807, 2.05) is 49.5 Å². The summed E-state index contributed by atoms with van der Waals surface area (Å²) in [4.78, 5) is 12.7. The largest absolute Gasteiger partial charge is 0.469 e. The number of nitrogens with one attached hydrogen (secondary N) is 1. The van der Waals surface area contributed by atoms with Gasteiger partial charge in [0.1, 0.15) is 5.92 Å². The zero-order valence-corrected chi connectivity index (χ0v) is 15.6. The third-order valence-corrected chi connectivity index (χ3v) is 5.61. The predicted octanol–water partition coefficient (Wildman–Crippen LogP) is 2.89. The lowest BCUT2D eigenvalue weighted by molar-refractivity contribution is -0.151. The third-order valence-electron chi connectivity index (χ3n) is 5.61. The van der Waals surface area contributed by atoms with Gasteiger partial charge < -0.3 is 19.7 Å². The molecule has 3 unspecified atom stereocenters. The number of benzene rings is 2. The maximum Gasteiger partial charge on any atom is 0.313 e. The van der Waals surface area contributed by atoms with Gasteiger partial charge in [0.2, 0.25) is 0 Å². The van der Waals surface area contributed by atoms with Gasteiger partial charge >= 0.3 is 5.97 Å². The number of rotatable bonds is 4. The molecule has 1 aliphatic heterocycles. The molecule has 0 spiro atoms. The standard InChI is InChI=1S/C22H24N2O3/c1-24-17-11-7-6-10-15(17)16-12-13-23-19(20(16)24)18(22(26)27-2)21(25)14-8-4-3-5-9-14/h3-11,18-19,21,23,25H,12-13H2,1-2H3. The lowest BCUT2D eigenvalue weighted by Gasteiger charge is -2.34. The Morgan fingerprint density at radius 2 is 1.89 bits per heavy atom. The van der Waals surface area contributed by atoms with Crippen molar-refractivity contribution in [1.29, 1.82) is 0 Å². The number of carbonyl (C=O) groups excluding carboxylic acids is 1. The number of para-hydroxylation sites is 1. The number of hydrogen-bond donors (Lipinski definition) is 2. The Labute approximate surface area is 158 Å². The van der Waals surface area contributed by atoms with Crippen LogP contribution < -0.4 is 5.32 Å². The molecule has 4 rings (SSSR count). The highest BCUT2D eigenvalue weighted by atomic mass is 16.5. The van der Waals surface area contributed by atoms with Crippen molar-refractivity contribution in [3.8, 4) is 0 Å². The summed E-state index contributed by atoms with van der Waals surface area (Å²) < 4.78 is 7.22. The van der Waals surface area contributed by atoms with Crippen LogP contribution in [0.4, 0.5) is 0 Å². The maximum absolute atomic E-state index is 12.7. The summed E-state index contributed by atoms with van der Waals surface area (Å²) in [5.41, 5.74) is 4.13. The van der Waals surface area contributed by atoms with Gasteiger partial charge in [-0.1, -0.05) is 48.5 Å². The Bertz CT molecular complexity index is 964. The monoisotopic (exact) mass is 364 g/mol. The highest BCUT2D eigenvalue weighted by Gasteiger charge is 2.41. The number of aliphatic hydroxyl groups is 1. The van der Waals surface area contributed by atoms with Gasteiger partial charge in [-0.05, 0) is 30.2 Å². The van der Waals surface area contributed by atoms with Gasteiger partial charge in [0.25, 0.3) is 0 Å². The van der Waals surface area contributed by atoms with Crippen molar-refractivity contribution in [2.45, 2.75) is 18.6 Å². The van der Waals surface area contributed by atoms with Gasteiger partial charge in [0, 0.05) is 23.6 Å². The number of aromatic nitrogens is 1. The molecule has 5 heteroatoms. The van der Waals surface area contributed by atoms with Crippen LogP contribution in [0.5, 0.6) is 0 Å². The minimum atomic E-state index is -0.958. The van der Waals surface area contributed by atoms with E-state index < -0.39 is 18.0 Å². The Balaban J connectivity index is 1.84. The molecule has 0 saturated carbocycles. The van der Waals surface area contributed by atoms with E-state index in [1.165, 1.54) is 18.1 Å². The minimum absolute atomic E-state index is 0.325. The molecular formula is C22H24N2O3. The van der Waals surface area contributed by atoms with Crippen molar-refractivity contribution < 1.29 is 14.6 Å². The van der Waals surface area contributed by atoms with Crippen molar-refractivity contribution in [2.75, 3.05) is 13.7 Å². The van der Waals surface area contributed by atoms with Gasteiger partial charge in [0.05, 0.1) is 19.3 Å². The fourth-order valence-corrected chi connectivity index (χ4v) is 4.34. The van der Waals surface area contributed by atoms with Crippen LogP contribution in [-0.4, -0.2) is 29.3 Å². The Morgan fingerprint density at radius 1 is 1.19 bits per heavy atom. The van der Waals surface area contributed by atoms with Gasteiger partial charge in [0.15, 0.2) is 0 Å². The van der Waals surface area contributed by atoms with Crippen LogP contribution in [0.1, 0.15) is 29.0 Å². The molecule has 0 aliphatic carbocycles. The summed E-state index contributed by atoms with van der Waals surface area (Å²) in [6, 6.07) is 17.2. The number of nitrogens with zero attached hydrogens (tertiary/aromatic N) is 1. The first-order valence-electron chi connectivity index (χ1n) is 9.24. The average Bonchev–Trinajstić information content (AvgIpc) is 3.02. The van der Waals surface area contributed by atoms with Gasteiger partial charge in [-0.2, -0.15) is 0 Å². The Morgan fingerprint density at radius 3 is 2.63 bits per heavy atom. The maximum atomic E-state index is 12.7. The fourth-order valence-electron chi connectivity index (χ4n) is 4.34. The van der Waals surface area contributed by atoms with E-state index in [9.17, 15) is 9.90 Å². The molecule has 0 saturated heterocycles. The molecule has 2 N–H and O–H groups in total. The molecule has 0 bridgehead atoms. The van der Waals surface area contributed by atoms with Crippen LogP contribution in [0.2, 0.25) is 0 Å². The van der Waals surface area contributed by atoms with Crippen molar-refractivity contribution >= 4 is 16.9 Å². The van der Waals surface area contributed by atoms with Gasteiger partial charge in [-0.3, -0.25) is 4.79 Å². The molecule has 2 heterocycles. The first kappa shape index (κ1) is 17.8. The van der Waals surface area contributed by atoms with Crippen LogP contribution in [0, 0.1) is 5.92 Å². The Kier molecular flexibility index (Phi) is 4.72. The molecule has 0 amide bonds. The molecule has 27 heavy (non-hydrogen) atoms. The number of ether oxygens (including phenoxy) is 1. The van der Waals surface area contributed by atoms with Crippen molar-refractivity contribution in [1.82, 2.24) is 9.88 Å². The third kappa shape index (κ3) is 2.93. The smallest absolute Gasteiger partial charge is 0.313 e. The normalized spacial score (nSPS) is 18.7. The predicted molar refractivity (Wildman–Crippen MR) is 104 cm³/mol. The molecule has 140 valence electrons. The van der Waals surface area contributed by atoms with Crippen LogP contribution in [-0.2, 0) is 23.0 Å². The van der Waals surface area contributed by atoms with E-state index in [2.05, 4.69) is 22.0 Å².